The van der Waals surface area contributed by atoms with Gasteiger partial charge in [0.2, 0.25) is 0 Å². The maximum atomic E-state index is 12.5. The molecule has 1 aromatic heterocycles. The lowest BCUT2D eigenvalue weighted by atomic mass is 9.92. The Labute approximate surface area is 160 Å². The molecule has 2 N–H and O–H groups in total. The summed E-state index contributed by atoms with van der Waals surface area (Å²) in [7, 11) is 1.74. The summed E-state index contributed by atoms with van der Waals surface area (Å²) in [5.41, 5.74) is 0. The van der Waals surface area contributed by atoms with Crippen molar-refractivity contribution < 1.29 is 28.2 Å². The largest absolute Gasteiger partial charge is 0.477 e. The Hall–Kier alpha value is -1.36. The first-order valence-corrected chi connectivity index (χ1v) is 9.92. The van der Waals surface area contributed by atoms with Crippen molar-refractivity contribution in [2.45, 2.75) is 62.9 Å². The van der Waals surface area contributed by atoms with E-state index in [4.69, 9.17) is 9.84 Å². The molecule has 1 saturated heterocycles. The molecular weight excluding hydrogens is 380 g/mol. The number of aromatic nitrogens is 1. The van der Waals surface area contributed by atoms with Gasteiger partial charge in [0.05, 0.1) is 24.9 Å². The first-order valence-electron chi connectivity index (χ1n) is 9.10. The average Bonchev–Trinajstić information content (AvgIpc) is 3.27. The lowest BCUT2D eigenvalue weighted by Crippen LogP contribution is -2.42. The summed E-state index contributed by atoms with van der Waals surface area (Å²) in [5, 5.41) is 13.3. The fourth-order valence-corrected chi connectivity index (χ4v) is 4.74. The van der Waals surface area contributed by atoms with E-state index in [-0.39, 0.29) is 23.6 Å². The summed E-state index contributed by atoms with van der Waals surface area (Å²) >= 11 is 1.06. The van der Waals surface area contributed by atoms with Crippen LogP contribution in [0.25, 0.3) is 0 Å². The normalized spacial score (nSPS) is 28.8. The molecule has 27 heavy (non-hydrogen) atoms. The van der Waals surface area contributed by atoms with E-state index in [0.29, 0.717) is 30.2 Å². The molecule has 10 heteroatoms. The number of carboxylic acid groups (broad SMARTS) is 1. The van der Waals surface area contributed by atoms with Gasteiger partial charge in [-0.1, -0.05) is 11.3 Å². The molecule has 3 rings (SSSR count). The molecule has 1 aliphatic carbocycles. The molecule has 0 spiro atoms. The molecule has 2 aliphatic rings. The third-order valence-corrected chi connectivity index (χ3v) is 6.28. The van der Waals surface area contributed by atoms with Gasteiger partial charge in [0.1, 0.15) is 4.88 Å². The first-order chi connectivity index (χ1) is 13.0. The third kappa shape index (κ3) is 5.34. The first kappa shape index (κ1) is 20.4. The molecule has 7 nitrogen and oxygen atoms in total. The second kappa shape index (κ2) is 9.22. The second-order valence-electron chi connectivity index (χ2n) is 7.02. The van der Waals surface area contributed by atoms with E-state index in [1.807, 2.05) is 4.90 Å². The number of carbonyl (C=O) groups is 1. The number of nitrogens with zero attached hydrogens (tertiary/aromatic N) is 2. The topological polar surface area (TPSA) is 83.9 Å². The summed E-state index contributed by atoms with van der Waals surface area (Å²) in [6, 6.07) is 0.237. The zero-order valence-corrected chi connectivity index (χ0v) is 16.0. The fraction of sp³-hybridized carbons (Fsp3) is 0.765. The molecule has 0 amide bonds. The lowest BCUT2D eigenvalue weighted by molar-refractivity contribution is -0.131. The SMILES string of the molecule is COC1CCC(NC2CC(COC(F)F)N(c3ncc(C(=O)O)s3)C2)CC1. The van der Waals surface area contributed by atoms with Gasteiger partial charge in [0.15, 0.2) is 5.13 Å². The van der Waals surface area contributed by atoms with Crippen LogP contribution in [-0.4, -0.2) is 67.2 Å². The Balaban J connectivity index is 1.62. The van der Waals surface area contributed by atoms with E-state index in [1.54, 1.807) is 7.11 Å². The highest BCUT2D eigenvalue weighted by molar-refractivity contribution is 7.17. The Morgan fingerprint density at radius 1 is 1.41 bits per heavy atom. The van der Waals surface area contributed by atoms with Gasteiger partial charge in [0.25, 0.3) is 0 Å². The van der Waals surface area contributed by atoms with Crippen LogP contribution in [0.3, 0.4) is 0 Å². The number of hydrogen-bond acceptors (Lipinski definition) is 7. The van der Waals surface area contributed by atoms with Crippen LogP contribution >= 0.6 is 11.3 Å². The average molecular weight is 405 g/mol. The van der Waals surface area contributed by atoms with Gasteiger partial charge < -0.3 is 24.8 Å². The van der Waals surface area contributed by atoms with E-state index in [1.165, 1.54) is 6.20 Å². The highest BCUT2D eigenvalue weighted by atomic mass is 32.1. The monoisotopic (exact) mass is 405 g/mol. The number of halogens is 2. The van der Waals surface area contributed by atoms with Crippen molar-refractivity contribution in [3.8, 4) is 0 Å². The van der Waals surface area contributed by atoms with Crippen molar-refractivity contribution in [2.24, 2.45) is 0 Å². The summed E-state index contributed by atoms with van der Waals surface area (Å²) in [6.07, 6.45) is 6.34. The molecule has 2 fully saturated rings. The molecule has 152 valence electrons. The highest BCUT2D eigenvalue weighted by Gasteiger charge is 2.36. The smallest absolute Gasteiger partial charge is 0.347 e. The number of thiazole rings is 1. The minimum Gasteiger partial charge on any atom is -0.477 e. The summed E-state index contributed by atoms with van der Waals surface area (Å²) in [6.45, 7) is -2.35. The van der Waals surface area contributed by atoms with Gasteiger partial charge in [-0.25, -0.2) is 9.78 Å². The molecule has 1 aromatic rings. The number of hydrogen-bond donors (Lipinski definition) is 2. The maximum absolute atomic E-state index is 12.5. The Morgan fingerprint density at radius 3 is 2.74 bits per heavy atom. The van der Waals surface area contributed by atoms with Gasteiger partial charge in [-0.2, -0.15) is 8.78 Å². The quantitative estimate of drug-likeness (QED) is 0.688. The Morgan fingerprint density at radius 2 is 2.15 bits per heavy atom. The number of carboxylic acids is 1. The zero-order chi connectivity index (χ0) is 19.4. The number of alkyl halides is 2. The van der Waals surface area contributed by atoms with Gasteiger partial charge in [-0.15, -0.1) is 0 Å². The fourth-order valence-electron chi connectivity index (χ4n) is 3.91. The van der Waals surface area contributed by atoms with Crippen LogP contribution in [0.5, 0.6) is 0 Å². The molecule has 2 unspecified atom stereocenters. The second-order valence-corrected chi connectivity index (χ2v) is 8.03. The molecular formula is C17H25F2N3O4S. The standard InChI is InChI=1S/C17H25F2N3O4S/c1-25-13-4-2-10(3-5-13)21-11-6-12(9-26-16(18)19)22(8-11)17-20-7-14(27-17)15(23)24/h7,10-13,16,21H,2-6,8-9H2,1H3,(H,23,24). The molecule has 1 aliphatic heterocycles. The third-order valence-electron chi connectivity index (χ3n) is 5.26. The van der Waals surface area contributed by atoms with Gasteiger partial charge >= 0.3 is 12.6 Å². The van der Waals surface area contributed by atoms with E-state index in [9.17, 15) is 13.6 Å². The number of nitrogens with one attached hydrogen (secondary N) is 1. The maximum Gasteiger partial charge on any atom is 0.347 e. The molecule has 0 radical (unpaired) electrons. The molecule has 0 aromatic carbocycles. The predicted octanol–water partition coefficient (Wildman–Crippen LogP) is 2.58. The van der Waals surface area contributed by atoms with Crippen molar-refractivity contribution in [3.05, 3.63) is 11.1 Å². The van der Waals surface area contributed by atoms with Crippen LogP contribution in [-0.2, 0) is 9.47 Å². The van der Waals surface area contributed by atoms with Crippen LogP contribution in [0, 0.1) is 0 Å². The van der Waals surface area contributed by atoms with Crippen LogP contribution < -0.4 is 10.2 Å². The van der Waals surface area contributed by atoms with Crippen molar-refractivity contribution in [1.29, 1.82) is 0 Å². The number of ether oxygens (including phenoxy) is 2. The Bertz CT molecular complexity index is 625. The zero-order valence-electron chi connectivity index (χ0n) is 15.1. The van der Waals surface area contributed by atoms with Crippen molar-refractivity contribution in [1.82, 2.24) is 10.3 Å². The van der Waals surface area contributed by atoms with Crippen LogP contribution in [0.4, 0.5) is 13.9 Å². The molecule has 1 saturated carbocycles. The predicted molar refractivity (Wildman–Crippen MR) is 96.8 cm³/mol. The van der Waals surface area contributed by atoms with Gasteiger partial charge in [-0.05, 0) is 32.1 Å². The Kier molecular flexibility index (Phi) is 6.96. The van der Waals surface area contributed by atoms with Gasteiger partial charge in [-0.3, -0.25) is 0 Å². The number of anilines is 1. The number of rotatable bonds is 8. The minimum absolute atomic E-state index is 0.117. The summed E-state index contributed by atoms with van der Waals surface area (Å²) in [5.74, 6) is -1.04. The molecule has 2 heterocycles. The summed E-state index contributed by atoms with van der Waals surface area (Å²) in [4.78, 5) is 17.3. The summed E-state index contributed by atoms with van der Waals surface area (Å²) < 4.78 is 35.0. The molecule has 2 atom stereocenters. The van der Waals surface area contributed by atoms with Crippen LogP contribution in [0.1, 0.15) is 41.8 Å². The molecule has 0 bridgehead atoms. The minimum atomic E-state index is -2.82. The van der Waals surface area contributed by atoms with E-state index in [2.05, 4.69) is 15.0 Å². The van der Waals surface area contributed by atoms with Crippen molar-refractivity contribution in [3.63, 3.8) is 0 Å². The van der Waals surface area contributed by atoms with Crippen molar-refractivity contribution >= 4 is 22.4 Å². The highest BCUT2D eigenvalue weighted by Crippen LogP contribution is 2.31. The van der Waals surface area contributed by atoms with E-state index in [0.717, 1.165) is 37.0 Å². The van der Waals surface area contributed by atoms with Gasteiger partial charge in [0, 0.05) is 25.7 Å². The number of methoxy groups -OCH3 is 1. The van der Waals surface area contributed by atoms with Crippen molar-refractivity contribution in [2.75, 3.05) is 25.2 Å². The van der Waals surface area contributed by atoms with Crippen LogP contribution in [0.15, 0.2) is 6.20 Å². The van der Waals surface area contributed by atoms with E-state index < -0.39 is 12.6 Å². The van der Waals surface area contributed by atoms with Crippen LogP contribution in [0.2, 0.25) is 0 Å². The number of aromatic carboxylic acids is 1. The van der Waals surface area contributed by atoms with E-state index >= 15 is 0 Å². The lowest BCUT2D eigenvalue weighted by Gasteiger charge is -2.30.